The van der Waals surface area contributed by atoms with Crippen molar-refractivity contribution in [2.24, 2.45) is 11.8 Å². The number of hydrogen-bond donors (Lipinski definition) is 1. The van der Waals surface area contributed by atoms with Gasteiger partial charge in [0.05, 0.1) is 11.8 Å². The summed E-state index contributed by atoms with van der Waals surface area (Å²) < 4.78 is 0. The summed E-state index contributed by atoms with van der Waals surface area (Å²) in [5.41, 5.74) is 0. The molecule has 108 valence electrons. The molecule has 0 bridgehead atoms. The van der Waals surface area contributed by atoms with Gasteiger partial charge in [0.2, 0.25) is 5.91 Å². The highest BCUT2D eigenvalue weighted by Gasteiger charge is 2.35. The fourth-order valence-electron chi connectivity index (χ4n) is 2.49. The highest BCUT2D eigenvalue weighted by molar-refractivity contribution is 7.09. The Morgan fingerprint density at radius 2 is 2.05 bits per heavy atom. The largest absolute Gasteiger partial charge is 0.481 e. The number of nitrogens with zero attached hydrogens (tertiary/aromatic N) is 1. The Kier molecular flexibility index (Phi) is 4.95. The first-order chi connectivity index (χ1) is 9.59. The molecule has 0 aromatic carbocycles. The van der Waals surface area contributed by atoms with Gasteiger partial charge >= 0.3 is 5.97 Å². The summed E-state index contributed by atoms with van der Waals surface area (Å²) in [6.45, 7) is 0.631. The van der Waals surface area contributed by atoms with Crippen LogP contribution >= 0.6 is 11.3 Å². The number of carboxylic acid groups (broad SMARTS) is 1. The molecular weight excluding hydrogens is 274 g/mol. The topological polar surface area (TPSA) is 57.6 Å². The molecule has 2 atom stereocenters. The Morgan fingerprint density at radius 3 is 2.65 bits per heavy atom. The monoisotopic (exact) mass is 293 g/mol. The average Bonchev–Trinajstić information content (AvgIpc) is 2.97. The lowest BCUT2D eigenvalue weighted by Crippen LogP contribution is -2.40. The van der Waals surface area contributed by atoms with E-state index in [0.717, 1.165) is 6.42 Å². The van der Waals surface area contributed by atoms with Crippen molar-refractivity contribution in [1.82, 2.24) is 4.90 Å². The third-order valence-corrected chi connectivity index (χ3v) is 4.65. The van der Waals surface area contributed by atoms with Crippen LogP contribution in [0.2, 0.25) is 0 Å². The van der Waals surface area contributed by atoms with Crippen molar-refractivity contribution in [2.75, 3.05) is 13.6 Å². The van der Waals surface area contributed by atoms with Gasteiger partial charge in [-0.25, -0.2) is 0 Å². The van der Waals surface area contributed by atoms with Crippen molar-refractivity contribution < 1.29 is 14.7 Å². The Labute approximate surface area is 122 Å². The van der Waals surface area contributed by atoms with Crippen molar-refractivity contribution in [3.8, 4) is 0 Å². The summed E-state index contributed by atoms with van der Waals surface area (Å²) in [4.78, 5) is 26.5. The predicted octanol–water partition coefficient (Wildman–Crippen LogP) is 2.42. The number of allylic oxidation sites excluding steroid dienone is 2. The molecule has 1 aromatic rings. The van der Waals surface area contributed by atoms with Crippen LogP contribution in [0.25, 0.3) is 0 Å². The number of likely N-dealkylation sites (N-methyl/N-ethyl adjacent to an activating group) is 1. The third kappa shape index (κ3) is 3.48. The molecule has 1 aromatic heterocycles. The zero-order valence-electron chi connectivity index (χ0n) is 11.5. The Hall–Kier alpha value is -1.62. The van der Waals surface area contributed by atoms with E-state index in [1.54, 1.807) is 23.3 Å². The molecule has 1 amide bonds. The first kappa shape index (κ1) is 14.8. The van der Waals surface area contributed by atoms with Gasteiger partial charge < -0.3 is 10.0 Å². The van der Waals surface area contributed by atoms with Gasteiger partial charge in [-0.1, -0.05) is 18.2 Å². The molecule has 0 radical (unpaired) electrons. The summed E-state index contributed by atoms with van der Waals surface area (Å²) in [5, 5.41) is 11.2. The van der Waals surface area contributed by atoms with Crippen LogP contribution in [0, 0.1) is 11.8 Å². The fraction of sp³-hybridized carbons (Fsp3) is 0.467. The Bertz CT molecular complexity index is 495. The summed E-state index contributed by atoms with van der Waals surface area (Å²) >= 11 is 1.67. The van der Waals surface area contributed by atoms with Gasteiger partial charge in [0.25, 0.3) is 0 Å². The van der Waals surface area contributed by atoms with Crippen molar-refractivity contribution in [2.45, 2.75) is 19.3 Å². The van der Waals surface area contributed by atoms with Crippen molar-refractivity contribution in [1.29, 1.82) is 0 Å². The lowest BCUT2D eigenvalue weighted by Gasteiger charge is -2.28. The minimum Gasteiger partial charge on any atom is -0.481 e. The zero-order valence-corrected chi connectivity index (χ0v) is 12.3. The van der Waals surface area contributed by atoms with Gasteiger partial charge in [0.15, 0.2) is 0 Å². The van der Waals surface area contributed by atoms with Crippen LogP contribution in [0.4, 0.5) is 0 Å². The van der Waals surface area contributed by atoms with E-state index in [-0.39, 0.29) is 5.91 Å². The molecule has 0 fully saturated rings. The molecule has 4 nitrogen and oxygen atoms in total. The normalized spacial score (nSPS) is 21.6. The molecule has 2 rings (SSSR count). The first-order valence-corrected chi connectivity index (χ1v) is 7.62. The van der Waals surface area contributed by atoms with Gasteiger partial charge in [-0.3, -0.25) is 9.59 Å². The number of carbonyl (C=O) groups excluding carboxylic acids is 1. The van der Waals surface area contributed by atoms with Gasteiger partial charge in [-0.2, -0.15) is 0 Å². The van der Waals surface area contributed by atoms with E-state index in [2.05, 4.69) is 0 Å². The van der Waals surface area contributed by atoms with E-state index in [4.69, 9.17) is 0 Å². The van der Waals surface area contributed by atoms with Crippen LogP contribution in [0.5, 0.6) is 0 Å². The molecule has 0 spiro atoms. The Balaban J connectivity index is 1.94. The van der Waals surface area contributed by atoms with Crippen LogP contribution in [0.3, 0.4) is 0 Å². The highest BCUT2D eigenvalue weighted by atomic mass is 32.1. The van der Waals surface area contributed by atoms with Gasteiger partial charge in [-0.05, 0) is 30.7 Å². The Morgan fingerprint density at radius 1 is 1.35 bits per heavy atom. The van der Waals surface area contributed by atoms with Gasteiger partial charge in [0.1, 0.15) is 0 Å². The van der Waals surface area contributed by atoms with Crippen molar-refractivity contribution in [3.05, 3.63) is 34.5 Å². The summed E-state index contributed by atoms with van der Waals surface area (Å²) in [6.07, 6.45) is 5.56. The minimum atomic E-state index is -0.876. The SMILES string of the molecule is CN(CCc1cccs1)C(=O)[C@@H]1CC=CC[C@@H]1C(=O)O. The van der Waals surface area contributed by atoms with E-state index in [9.17, 15) is 14.7 Å². The molecule has 0 unspecified atom stereocenters. The third-order valence-electron chi connectivity index (χ3n) is 3.72. The number of thiophene rings is 1. The van der Waals surface area contributed by atoms with E-state index in [1.807, 2.05) is 29.7 Å². The molecule has 1 aliphatic rings. The second kappa shape index (κ2) is 6.70. The predicted molar refractivity (Wildman–Crippen MR) is 78.6 cm³/mol. The van der Waals surface area contributed by atoms with Gasteiger partial charge in [-0.15, -0.1) is 11.3 Å². The second-order valence-corrected chi connectivity index (χ2v) is 6.12. The molecule has 0 aliphatic heterocycles. The number of carbonyl (C=O) groups is 2. The molecule has 1 aliphatic carbocycles. The van der Waals surface area contributed by atoms with Crippen LogP contribution in [-0.2, 0) is 16.0 Å². The number of aliphatic carboxylic acids is 1. The second-order valence-electron chi connectivity index (χ2n) is 5.08. The molecule has 1 heterocycles. The highest BCUT2D eigenvalue weighted by Crippen LogP contribution is 2.27. The quantitative estimate of drug-likeness (QED) is 0.848. The lowest BCUT2D eigenvalue weighted by atomic mass is 9.82. The maximum atomic E-state index is 12.4. The average molecular weight is 293 g/mol. The van der Waals surface area contributed by atoms with Crippen LogP contribution in [-0.4, -0.2) is 35.5 Å². The molecule has 5 heteroatoms. The summed E-state index contributed by atoms with van der Waals surface area (Å²) in [7, 11) is 1.76. The fourth-order valence-corrected chi connectivity index (χ4v) is 3.18. The number of hydrogen-bond acceptors (Lipinski definition) is 3. The molecule has 0 saturated carbocycles. The maximum Gasteiger partial charge on any atom is 0.307 e. The number of amides is 1. The van der Waals surface area contributed by atoms with Gasteiger partial charge in [0, 0.05) is 18.5 Å². The summed E-state index contributed by atoms with van der Waals surface area (Å²) in [5.74, 6) is -1.94. The van der Waals surface area contributed by atoms with Crippen molar-refractivity contribution in [3.63, 3.8) is 0 Å². The number of rotatable bonds is 5. The van der Waals surface area contributed by atoms with Crippen LogP contribution in [0.1, 0.15) is 17.7 Å². The van der Waals surface area contributed by atoms with E-state index < -0.39 is 17.8 Å². The molecule has 1 N–H and O–H groups in total. The van der Waals surface area contributed by atoms with E-state index >= 15 is 0 Å². The molecule has 0 saturated heterocycles. The smallest absolute Gasteiger partial charge is 0.307 e. The standard InChI is InChI=1S/C15H19NO3S/c1-16(9-8-11-5-4-10-20-11)14(17)12-6-2-3-7-13(12)15(18)19/h2-5,10,12-13H,6-9H2,1H3,(H,18,19)/t12-,13+/m1/s1. The van der Waals surface area contributed by atoms with E-state index in [0.29, 0.717) is 19.4 Å². The maximum absolute atomic E-state index is 12.4. The zero-order chi connectivity index (χ0) is 14.5. The van der Waals surface area contributed by atoms with Crippen LogP contribution in [0.15, 0.2) is 29.7 Å². The first-order valence-electron chi connectivity index (χ1n) is 6.74. The number of carboxylic acids is 1. The molecular formula is C15H19NO3S. The lowest BCUT2D eigenvalue weighted by molar-refractivity contribution is -0.150. The van der Waals surface area contributed by atoms with E-state index in [1.165, 1.54) is 4.88 Å². The molecule has 20 heavy (non-hydrogen) atoms. The van der Waals surface area contributed by atoms with Crippen LogP contribution < -0.4 is 0 Å². The minimum absolute atomic E-state index is 0.0571. The van der Waals surface area contributed by atoms with Crippen molar-refractivity contribution >= 4 is 23.2 Å². The summed E-state index contributed by atoms with van der Waals surface area (Å²) in [6, 6.07) is 4.04.